The maximum Gasteiger partial charge on any atom is 0.314 e. The average molecular weight is 255 g/mol. The molecule has 0 aliphatic heterocycles. The molecule has 3 rings (SSSR count). The molecule has 0 saturated heterocycles. The molecule has 2 aliphatic carbocycles. The molecule has 1 spiro atoms. The molecule has 1 N–H and O–H groups in total. The minimum atomic E-state index is -1.10. The Morgan fingerprint density at radius 3 is 2.47 bits per heavy atom. The Bertz CT molecular complexity index is 480. The van der Waals surface area contributed by atoms with Gasteiger partial charge in [0.25, 0.3) is 0 Å². The summed E-state index contributed by atoms with van der Waals surface area (Å²) in [6.45, 7) is 0. The maximum atomic E-state index is 13.9. The van der Waals surface area contributed by atoms with Crippen LogP contribution in [0.1, 0.15) is 31.2 Å². The largest absolute Gasteiger partial charge is 0.481 e. The molecule has 0 aromatic heterocycles. The molecule has 4 heteroatoms. The van der Waals surface area contributed by atoms with Crippen LogP contribution < -0.4 is 0 Å². The van der Waals surface area contributed by atoms with Gasteiger partial charge in [-0.1, -0.05) is 17.7 Å². The van der Waals surface area contributed by atoms with Crippen LogP contribution in [-0.2, 0) is 10.2 Å². The summed E-state index contributed by atoms with van der Waals surface area (Å²) in [6, 6.07) is 4.34. The van der Waals surface area contributed by atoms with Crippen LogP contribution in [0.25, 0.3) is 0 Å². The van der Waals surface area contributed by atoms with E-state index in [9.17, 15) is 14.3 Å². The monoisotopic (exact) mass is 254 g/mol. The van der Waals surface area contributed by atoms with E-state index in [2.05, 4.69) is 0 Å². The van der Waals surface area contributed by atoms with Crippen molar-refractivity contribution in [1.29, 1.82) is 0 Å². The molecule has 17 heavy (non-hydrogen) atoms. The molecular formula is C13H12ClFO2. The van der Waals surface area contributed by atoms with Gasteiger partial charge in [0.05, 0.1) is 5.41 Å². The molecule has 0 amide bonds. The van der Waals surface area contributed by atoms with Gasteiger partial charge in [0.2, 0.25) is 0 Å². The van der Waals surface area contributed by atoms with E-state index in [0.717, 1.165) is 12.8 Å². The summed E-state index contributed by atoms with van der Waals surface area (Å²) in [5, 5.41) is 9.65. The van der Waals surface area contributed by atoms with Crippen molar-refractivity contribution in [2.24, 2.45) is 5.41 Å². The lowest BCUT2D eigenvalue weighted by molar-refractivity contribution is -0.151. The Morgan fingerprint density at radius 2 is 2.00 bits per heavy atom. The van der Waals surface area contributed by atoms with E-state index in [1.54, 1.807) is 6.07 Å². The fourth-order valence-electron chi connectivity index (χ4n) is 3.15. The van der Waals surface area contributed by atoms with Crippen molar-refractivity contribution in [3.63, 3.8) is 0 Å². The lowest BCUT2D eigenvalue weighted by Gasteiger charge is -2.46. The zero-order valence-electron chi connectivity index (χ0n) is 9.17. The molecular weight excluding hydrogens is 243 g/mol. The Kier molecular flexibility index (Phi) is 2.09. The fraction of sp³-hybridized carbons (Fsp3) is 0.462. The molecule has 2 saturated carbocycles. The van der Waals surface area contributed by atoms with Crippen LogP contribution >= 0.6 is 11.6 Å². The minimum Gasteiger partial charge on any atom is -0.481 e. The van der Waals surface area contributed by atoms with E-state index in [1.807, 2.05) is 0 Å². The van der Waals surface area contributed by atoms with Crippen LogP contribution in [-0.4, -0.2) is 11.1 Å². The Labute approximate surface area is 103 Å². The van der Waals surface area contributed by atoms with Gasteiger partial charge in [-0.15, -0.1) is 0 Å². The number of carbonyl (C=O) groups is 1. The van der Waals surface area contributed by atoms with Gasteiger partial charge in [0.15, 0.2) is 0 Å². The van der Waals surface area contributed by atoms with Gasteiger partial charge in [0.1, 0.15) is 5.82 Å². The van der Waals surface area contributed by atoms with Crippen LogP contribution in [0, 0.1) is 11.2 Å². The van der Waals surface area contributed by atoms with E-state index in [0.29, 0.717) is 12.8 Å². The molecule has 0 unspecified atom stereocenters. The number of hydrogen-bond donors (Lipinski definition) is 1. The normalized spacial score (nSPS) is 23.2. The zero-order chi connectivity index (χ0) is 12.3. The topological polar surface area (TPSA) is 37.3 Å². The van der Waals surface area contributed by atoms with Gasteiger partial charge in [0, 0.05) is 10.6 Å². The van der Waals surface area contributed by atoms with Crippen LogP contribution in [0.4, 0.5) is 4.39 Å². The fourth-order valence-corrected chi connectivity index (χ4v) is 3.49. The highest BCUT2D eigenvalue weighted by Gasteiger charge is 2.66. The quantitative estimate of drug-likeness (QED) is 0.879. The standard InChI is InChI=1S/C13H12ClFO2/c14-8-2-1-3-9(15)10(8)13(11(16)17)6-12(7-13)4-5-12/h1-3H,4-7H2,(H,16,17). The lowest BCUT2D eigenvalue weighted by Crippen LogP contribution is -2.49. The highest BCUT2D eigenvalue weighted by atomic mass is 35.5. The van der Waals surface area contributed by atoms with Crippen LogP contribution in [0.5, 0.6) is 0 Å². The second-order valence-electron chi connectivity index (χ2n) is 5.34. The molecule has 2 nitrogen and oxygen atoms in total. The summed E-state index contributed by atoms with van der Waals surface area (Å²) in [5.41, 5.74) is -0.755. The molecule has 90 valence electrons. The smallest absolute Gasteiger partial charge is 0.314 e. The van der Waals surface area contributed by atoms with Crippen molar-refractivity contribution in [3.8, 4) is 0 Å². The average Bonchev–Trinajstić information content (AvgIpc) is 2.95. The molecule has 0 atom stereocenters. The second kappa shape index (κ2) is 3.22. The van der Waals surface area contributed by atoms with E-state index in [4.69, 9.17) is 11.6 Å². The number of benzene rings is 1. The number of rotatable bonds is 2. The first-order valence-electron chi connectivity index (χ1n) is 5.67. The van der Waals surface area contributed by atoms with Gasteiger partial charge in [-0.05, 0) is 43.2 Å². The first-order chi connectivity index (χ1) is 7.99. The summed E-state index contributed by atoms with van der Waals surface area (Å²) >= 11 is 5.98. The third kappa shape index (κ3) is 1.41. The molecule has 0 bridgehead atoms. The van der Waals surface area contributed by atoms with E-state index < -0.39 is 17.2 Å². The van der Waals surface area contributed by atoms with E-state index in [-0.39, 0.29) is 16.0 Å². The van der Waals surface area contributed by atoms with Gasteiger partial charge >= 0.3 is 5.97 Å². The SMILES string of the molecule is O=C(O)C1(c2c(F)cccc2Cl)CC2(CC2)C1. The van der Waals surface area contributed by atoms with Crippen molar-refractivity contribution in [1.82, 2.24) is 0 Å². The number of halogens is 2. The van der Waals surface area contributed by atoms with E-state index in [1.165, 1.54) is 12.1 Å². The van der Waals surface area contributed by atoms with Gasteiger partial charge in [-0.25, -0.2) is 4.39 Å². The Morgan fingerprint density at radius 1 is 1.35 bits per heavy atom. The lowest BCUT2D eigenvalue weighted by atomic mass is 9.56. The summed E-state index contributed by atoms with van der Waals surface area (Å²) < 4.78 is 13.9. The van der Waals surface area contributed by atoms with Crippen molar-refractivity contribution >= 4 is 17.6 Å². The Hall–Kier alpha value is -1.09. The first kappa shape index (κ1) is 11.0. The highest BCUT2D eigenvalue weighted by Crippen LogP contribution is 2.69. The minimum absolute atomic E-state index is 0.171. The van der Waals surface area contributed by atoms with Gasteiger partial charge < -0.3 is 5.11 Å². The summed E-state index contributed by atoms with van der Waals surface area (Å²) in [4.78, 5) is 11.5. The van der Waals surface area contributed by atoms with Crippen LogP contribution in [0.15, 0.2) is 18.2 Å². The highest BCUT2D eigenvalue weighted by molar-refractivity contribution is 6.31. The van der Waals surface area contributed by atoms with Gasteiger partial charge in [-0.2, -0.15) is 0 Å². The second-order valence-corrected chi connectivity index (χ2v) is 5.74. The molecule has 2 aliphatic rings. The molecule has 1 aromatic carbocycles. The van der Waals surface area contributed by atoms with Crippen LogP contribution in [0.2, 0.25) is 5.02 Å². The summed E-state index contributed by atoms with van der Waals surface area (Å²) in [6.07, 6.45) is 3.17. The predicted molar refractivity (Wildman–Crippen MR) is 61.6 cm³/mol. The number of carboxylic acids is 1. The molecule has 0 radical (unpaired) electrons. The number of aliphatic carboxylic acids is 1. The number of carboxylic acid groups (broad SMARTS) is 1. The van der Waals surface area contributed by atoms with Crippen molar-refractivity contribution in [2.45, 2.75) is 31.1 Å². The van der Waals surface area contributed by atoms with Crippen molar-refractivity contribution in [2.75, 3.05) is 0 Å². The number of hydrogen-bond acceptors (Lipinski definition) is 1. The zero-order valence-corrected chi connectivity index (χ0v) is 9.93. The van der Waals surface area contributed by atoms with Crippen molar-refractivity contribution < 1.29 is 14.3 Å². The van der Waals surface area contributed by atoms with E-state index >= 15 is 0 Å². The van der Waals surface area contributed by atoms with Crippen LogP contribution in [0.3, 0.4) is 0 Å². The molecule has 2 fully saturated rings. The predicted octanol–water partition coefficient (Wildman–Crippen LogP) is 3.38. The third-order valence-corrected chi connectivity index (χ3v) is 4.48. The third-order valence-electron chi connectivity index (χ3n) is 4.16. The maximum absolute atomic E-state index is 13.9. The van der Waals surface area contributed by atoms with Gasteiger partial charge in [-0.3, -0.25) is 4.79 Å². The summed E-state index contributed by atoms with van der Waals surface area (Å²) in [7, 11) is 0. The molecule has 0 heterocycles. The van der Waals surface area contributed by atoms with Crippen molar-refractivity contribution in [3.05, 3.63) is 34.6 Å². The Balaban J connectivity index is 2.08. The summed E-state index contributed by atoms with van der Waals surface area (Å²) in [5.74, 6) is -1.46. The first-order valence-corrected chi connectivity index (χ1v) is 6.05. The molecule has 1 aromatic rings.